The van der Waals surface area contributed by atoms with E-state index in [1.54, 1.807) is 24.3 Å². The molecule has 0 saturated carbocycles. The van der Waals surface area contributed by atoms with Crippen LogP contribution in [0.2, 0.25) is 0 Å². The Labute approximate surface area is 134 Å². The quantitative estimate of drug-likeness (QED) is 0.685. The number of rotatable bonds is 1. The number of aryl methyl sites for hydroxylation is 1. The number of hydrogen-bond donors (Lipinski definition) is 0. The van der Waals surface area contributed by atoms with E-state index in [4.69, 9.17) is 4.42 Å². The van der Waals surface area contributed by atoms with Crippen LogP contribution in [0.15, 0.2) is 51.7 Å². The Kier molecular flexibility index (Phi) is 3.48. The van der Waals surface area contributed by atoms with Gasteiger partial charge in [-0.3, -0.25) is 4.79 Å². The van der Waals surface area contributed by atoms with Gasteiger partial charge in [0.05, 0.1) is 5.52 Å². The summed E-state index contributed by atoms with van der Waals surface area (Å²) in [6.07, 6.45) is 0. The molecule has 118 valence electrons. The van der Waals surface area contributed by atoms with Crippen LogP contribution in [-0.4, -0.2) is 10.5 Å². The van der Waals surface area contributed by atoms with E-state index in [0.29, 0.717) is 16.7 Å². The molecule has 0 radical (unpaired) electrons. The molecule has 0 unspecified atom stereocenters. The van der Waals surface area contributed by atoms with Gasteiger partial charge in [0, 0.05) is 5.56 Å². The first-order chi connectivity index (χ1) is 10.8. The normalized spacial score (nSPS) is 11.8. The second kappa shape index (κ2) is 5.23. The zero-order valence-corrected chi connectivity index (χ0v) is 13.7. The molecule has 0 saturated heterocycles. The maximum Gasteiger partial charge on any atom is 0.427 e. The van der Waals surface area contributed by atoms with E-state index in [1.165, 1.54) is 0 Å². The SMILES string of the molecule is Cc1cccc(C(=O)n2c(=O)oc3ccc(C(C)(C)C)cc32)c1. The van der Waals surface area contributed by atoms with E-state index in [-0.39, 0.29) is 11.3 Å². The van der Waals surface area contributed by atoms with Crippen molar-refractivity contribution < 1.29 is 9.21 Å². The van der Waals surface area contributed by atoms with Crippen LogP contribution in [0.25, 0.3) is 11.1 Å². The topological polar surface area (TPSA) is 52.2 Å². The van der Waals surface area contributed by atoms with Crippen LogP contribution in [0.5, 0.6) is 0 Å². The Balaban J connectivity index is 2.22. The van der Waals surface area contributed by atoms with Gasteiger partial charge < -0.3 is 4.42 Å². The highest BCUT2D eigenvalue weighted by molar-refractivity contribution is 6.00. The van der Waals surface area contributed by atoms with Crippen LogP contribution in [0, 0.1) is 6.92 Å². The van der Waals surface area contributed by atoms with E-state index >= 15 is 0 Å². The van der Waals surface area contributed by atoms with Gasteiger partial charge in [-0.15, -0.1) is 0 Å². The van der Waals surface area contributed by atoms with E-state index < -0.39 is 5.76 Å². The summed E-state index contributed by atoms with van der Waals surface area (Å²) in [6.45, 7) is 8.15. The van der Waals surface area contributed by atoms with Crippen molar-refractivity contribution in [3.63, 3.8) is 0 Å². The fourth-order valence-corrected chi connectivity index (χ4v) is 2.58. The van der Waals surface area contributed by atoms with Crippen molar-refractivity contribution in [2.45, 2.75) is 33.1 Å². The molecular formula is C19H19NO3. The van der Waals surface area contributed by atoms with Crippen molar-refractivity contribution in [3.05, 3.63) is 69.7 Å². The zero-order valence-electron chi connectivity index (χ0n) is 13.7. The van der Waals surface area contributed by atoms with Crippen molar-refractivity contribution in [1.82, 2.24) is 4.57 Å². The van der Waals surface area contributed by atoms with Gasteiger partial charge in [-0.2, -0.15) is 0 Å². The van der Waals surface area contributed by atoms with Crippen molar-refractivity contribution in [2.75, 3.05) is 0 Å². The summed E-state index contributed by atoms with van der Waals surface area (Å²) in [5.74, 6) is -1.03. The third-order valence-corrected chi connectivity index (χ3v) is 3.91. The zero-order chi connectivity index (χ0) is 16.8. The van der Waals surface area contributed by atoms with Crippen LogP contribution in [0.3, 0.4) is 0 Å². The summed E-state index contributed by atoms with van der Waals surface area (Å²) in [4.78, 5) is 24.9. The van der Waals surface area contributed by atoms with Gasteiger partial charge in [-0.05, 0) is 42.2 Å². The van der Waals surface area contributed by atoms with Crippen LogP contribution >= 0.6 is 0 Å². The highest BCUT2D eigenvalue weighted by atomic mass is 16.4. The number of aromatic nitrogens is 1. The number of oxazole rings is 1. The lowest BCUT2D eigenvalue weighted by molar-refractivity contribution is 0.0956. The van der Waals surface area contributed by atoms with Gasteiger partial charge in [0.2, 0.25) is 0 Å². The monoisotopic (exact) mass is 309 g/mol. The average molecular weight is 309 g/mol. The molecule has 3 rings (SSSR count). The molecule has 0 N–H and O–H groups in total. The maximum absolute atomic E-state index is 12.8. The Morgan fingerprint density at radius 2 is 1.83 bits per heavy atom. The molecule has 2 aromatic carbocycles. The lowest BCUT2D eigenvalue weighted by atomic mass is 9.87. The Hall–Kier alpha value is -2.62. The molecule has 0 fully saturated rings. The second-order valence-electron chi connectivity index (χ2n) is 6.81. The first-order valence-corrected chi connectivity index (χ1v) is 7.55. The number of nitrogens with zero attached hydrogens (tertiary/aromatic N) is 1. The first kappa shape index (κ1) is 15.3. The van der Waals surface area contributed by atoms with Crippen molar-refractivity contribution in [3.8, 4) is 0 Å². The fraction of sp³-hybridized carbons (Fsp3) is 0.263. The number of hydrogen-bond acceptors (Lipinski definition) is 3. The third-order valence-electron chi connectivity index (χ3n) is 3.91. The predicted octanol–water partition coefficient (Wildman–Crippen LogP) is 3.89. The van der Waals surface area contributed by atoms with Gasteiger partial charge >= 0.3 is 5.76 Å². The number of fused-ring (bicyclic) bond motifs is 1. The van der Waals surface area contributed by atoms with E-state index in [0.717, 1.165) is 15.7 Å². The molecule has 0 atom stereocenters. The fourth-order valence-electron chi connectivity index (χ4n) is 2.58. The molecule has 23 heavy (non-hydrogen) atoms. The first-order valence-electron chi connectivity index (χ1n) is 7.55. The van der Waals surface area contributed by atoms with Crippen LogP contribution in [0.1, 0.15) is 42.3 Å². The summed E-state index contributed by atoms with van der Waals surface area (Å²) in [7, 11) is 0. The van der Waals surface area contributed by atoms with E-state index in [1.807, 2.05) is 25.1 Å². The molecule has 3 aromatic rings. The molecule has 0 bridgehead atoms. The highest BCUT2D eigenvalue weighted by Gasteiger charge is 2.21. The van der Waals surface area contributed by atoms with Crippen molar-refractivity contribution in [2.24, 2.45) is 0 Å². The minimum Gasteiger partial charge on any atom is -0.407 e. The van der Waals surface area contributed by atoms with Gasteiger partial charge in [0.25, 0.3) is 5.91 Å². The summed E-state index contributed by atoms with van der Waals surface area (Å²) in [6, 6.07) is 12.7. The minimum atomic E-state index is -0.655. The van der Waals surface area contributed by atoms with Gasteiger partial charge in [0.15, 0.2) is 5.58 Å². The molecule has 0 aliphatic carbocycles. The lowest BCUT2D eigenvalue weighted by Crippen LogP contribution is -2.23. The maximum atomic E-state index is 12.8. The molecule has 4 nitrogen and oxygen atoms in total. The van der Waals surface area contributed by atoms with Crippen LogP contribution in [-0.2, 0) is 5.41 Å². The lowest BCUT2D eigenvalue weighted by Gasteiger charge is -2.18. The Morgan fingerprint density at radius 1 is 1.09 bits per heavy atom. The van der Waals surface area contributed by atoms with Gasteiger partial charge in [-0.25, -0.2) is 9.36 Å². The Bertz CT molecular complexity index is 955. The predicted molar refractivity (Wildman–Crippen MR) is 90.1 cm³/mol. The highest BCUT2D eigenvalue weighted by Crippen LogP contribution is 2.26. The van der Waals surface area contributed by atoms with E-state index in [9.17, 15) is 9.59 Å². The molecular weight excluding hydrogens is 290 g/mol. The summed E-state index contributed by atoms with van der Waals surface area (Å²) in [5.41, 5.74) is 3.32. The summed E-state index contributed by atoms with van der Waals surface area (Å²) in [5, 5.41) is 0. The molecule has 0 spiro atoms. The van der Waals surface area contributed by atoms with E-state index in [2.05, 4.69) is 20.8 Å². The molecule has 1 aromatic heterocycles. The van der Waals surface area contributed by atoms with Gasteiger partial charge in [0.1, 0.15) is 0 Å². The second-order valence-corrected chi connectivity index (χ2v) is 6.81. The number of carbonyl (C=O) groups is 1. The average Bonchev–Trinajstić information content (AvgIpc) is 2.80. The molecule has 0 aliphatic rings. The minimum absolute atomic E-state index is 0.0846. The van der Waals surface area contributed by atoms with Crippen molar-refractivity contribution in [1.29, 1.82) is 0 Å². The largest absolute Gasteiger partial charge is 0.427 e. The smallest absolute Gasteiger partial charge is 0.407 e. The molecule has 0 amide bonds. The van der Waals surface area contributed by atoms with Crippen molar-refractivity contribution >= 4 is 17.0 Å². The molecule has 0 aliphatic heterocycles. The van der Waals surface area contributed by atoms with Crippen LogP contribution < -0.4 is 5.76 Å². The van der Waals surface area contributed by atoms with Crippen LogP contribution in [0.4, 0.5) is 0 Å². The molecule has 1 heterocycles. The summed E-state index contributed by atoms with van der Waals surface area (Å²) < 4.78 is 6.34. The standard InChI is InChI=1S/C19H19NO3/c1-12-6-5-7-13(10-12)17(21)20-15-11-14(19(2,3)4)8-9-16(15)23-18(20)22/h5-11H,1-4H3. The summed E-state index contributed by atoms with van der Waals surface area (Å²) >= 11 is 0. The number of carbonyl (C=O) groups excluding carboxylic acids is 1. The third kappa shape index (κ3) is 2.72. The number of benzene rings is 2. The molecule has 4 heteroatoms. The Morgan fingerprint density at radius 3 is 2.48 bits per heavy atom. The van der Waals surface area contributed by atoms with Gasteiger partial charge in [-0.1, -0.05) is 44.5 Å².